The van der Waals surface area contributed by atoms with Crippen LogP contribution in [-0.4, -0.2) is 89.2 Å². The number of hydrogen-bond donors (Lipinski definition) is 1. The first-order valence-corrected chi connectivity index (χ1v) is 13.2. The maximum atomic E-state index is 13.5. The van der Waals surface area contributed by atoms with E-state index in [1.54, 1.807) is 49.9 Å². The van der Waals surface area contributed by atoms with Crippen molar-refractivity contribution >= 4 is 47.0 Å². The van der Waals surface area contributed by atoms with Crippen molar-refractivity contribution in [3.8, 4) is 0 Å². The summed E-state index contributed by atoms with van der Waals surface area (Å²) in [4.78, 5) is 58.3. The molecule has 0 aliphatic carbocycles. The van der Waals surface area contributed by atoms with Crippen LogP contribution in [0.4, 0.5) is 4.79 Å². The zero-order valence-electron chi connectivity index (χ0n) is 20.8. The fraction of sp³-hybridized carbons (Fsp3) is 0.385. The lowest BCUT2D eigenvalue weighted by Gasteiger charge is -2.34. The Kier molecular flexibility index (Phi) is 7.36. The summed E-state index contributed by atoms with van der Waals surface area (Å²) < 4.78 is 5.18. The van der Waals surface area contributed by atoms with Crippen LogP contribution in [0.15, 0.2) is 52.3 Å². The third kappa shape index (κ3) is 4.86. The van der Waals surface area contributed by atoms with E-state index < -0.39 is 6.04 Å². The van der Waals surface area contributed by atoms with Crippen LogP contribution in [-0.2, 0) is 9.59 Å². The fourth-order valence-electron chi connectivity index (χ4n) is 5.14. The van der Waals surface area contributed by atoms with Gasteiger partial charge in [0.1, 0.15) is 0 Å². The number of nitrogens with one attached hydrogen (secondary N) is 1. The second kappa shape index (κ2) is 10.7. The number of piperazine rings is 1. The van der Waals surface area contributed by atoms with E-state index in [1.807, 2.05) is 6.92 Å². The third-order valence-corrected chi connectivity index (χ3v) is 7.70. The summed E-state index contributed by atoms with van der Waals surface area (Å²) in [6.07, 6.45) is 1.59. The van der Waals surface area contributed by atoms with Gasteiger partial charge < -0.3 is 24.4 Å². The number of benzene rings is 1. The van der Waals surface area contributed by atoms with E-state index in [2.05, 4.69) is 5.32 Å². The maximum absolute atomic E-state index is 13.5. The minimum absolute atomic E-state index is 0.0911. The van der Waals surface area contributed by atoms with Gasteiger partial charge in [0.2, 0.25) is 5.91 Å². The average Bonchev–Trinajstić information content (AvgIpc) is 3.55. The molecular weight excluding hydrogens is 533 g/mol. The standard InChI is InChI=1S/C26H27Cl2N5O5/c1-2-33-19-15-32(25(36)22(19)23(29-26(33)37)17-6-5-16(27)14-18(17)28)8-7-21(34)30-9-11-31(12-10-30)24(35)20-4-3-13-38-20/h3-6,13-14,23H,2,7-12,15H2,1H3,(H,29,37). The topological polar surface area (TPSA) is 106 Å². The van der Waals surface area contributed by atoms with Gasteiger partial charge in [0.05, 0.1) is 30.1 Å². The van der Waals surface area contributed by atoms with E-state index in [4.69, 9.17) is 27.6 Å². The molecule has 5 amide bonds. The Bertz CT molecular complexity index is 1300. The zero-order valence-corrected chi connectivity index (χ0v) is 22.3. The van der Waals surface area contributed by atoms with Crippen molar-refractivity contribution in [3.05, 3.63) is 69.2 Å². The van der Waals surface area contributed by atoms with E-state index in [0.717, 1.165) is 0 Å². The molecule has 3 aliphatic heterocycles. The highest BCUT2D eigenvalue weighted by Gasteiger charge is 2.44. The summed E-state index contributed by atoms with van der Waals surface area (Å²) in [5, 5.41) is 3.70. The Balaban J connectivity index is 1.23. The Labute approximate surface area is 229 Å². The van der Waals surface area contributed by atoms with Crippen molar-refractivity contribution in [2.24, 2.45) is 0 Å². The lowest BCUT2D eigenvalue weighted by atomic mass is 9.95. The third-order valence-electron chi connectivity index (χ3n) is 7.13. The van der Waals surface area contributed by atoms with Crippen molar-refractivity contribution in [2.75, 3.05) is 45.8 Å². The van der Waals surface area contributed by atoms with E-state index >= 15 is 0 Å². The second-order valence-electron chi connectivity index (χ2n) is 9.28. The van der Waals surface area contributed by atoms with Gasteiger partial charge in [-0.25, -0.2) is 4.79 Å². The zero-order chi connectivity index (χ0) is 27.0. The Hall–Kier alpha value is -3.50. The van der Waals surface area contributed by atoms with Crippen LogP contribution in [0.2, 0.25) is 10.0 Å². The quantitative estimate of drug-likeness (QED) is 0.585. The van der Waals surface area contributed by atoms with Gasteiger partial charge in [0, 0.05) is 55.7 Å². The molecular formula is C26H27Cl2N5O5. The van der Waals surface area contributed by atoms with Crippen LogP contribution >= 0.6 is 23.2 Å². The normalized spacial score (nSPS) is 19.7. The molecule has 10 nitrogen and oxygen atoms in total. The van der Waals surface area contributed by atoms with E-state index in [9.17, 15) is 19.2 Å². The van der Waals surface area contributed by atoms with E-state index in [0.29, 0.717) is 59.6 Å². The molecule has 1 unspecified atom stereocenters. The predicted octanol–water partition coefficient (Wildman–Crippen LogP) is 3.14. The van der Waals surface area contributed by atoms with Crippen molar-refractivity contribution in [3.63, 3.8) is 0 Å². The molecule has 1 aromatic carbocycles. The predicted molar refractivity (Wildman–Crippen MR) is 140 cm³/mol. The van der Waals surface area contributed by atoms with Crippen LogP contribution in [0.25, 0.3) is 0 Å². The Morgan fingerprint density at radius 3 is 2.47 bits per heavy atom. The molecule has 1 N–H and O–H groups in total. The molecule has 1 atom stereocenters. The van der Waals surface area contributed by atoms with Crippen molar-refractivity contribution < 1.29 is 23.6 Å². The molecule has 200 valence electrons. The highest BCUT2D eigenvalue weighted by molar-refractivity contribution is 6.35. The van der Waals surface area contributed by atoms with Crippen LogP contribution in [0, 0.1) is 0 Å². The maximum Gasteiger partial charge on any atom is 0.322 e. The smallest absolute Gasteiger partial charge is 0.322 e. The molecule has 5 rings (SSSR count). The number of amides is 5. The van der Waals surface area contributed by atoms with Gasteiger partial charge in [-0.05, 0) is 36.8 Å². The van der Waals surface area contributed by atoms with E-state index in [-0.39, 0.29) is 49.0 Å². The number of likely N-dealkylation sites (N-methyl/N-ethyl adjacent to an activating group) is 1. The first kappa shape index (κ1) is 26.1. The monoisotopic (exact) mass is 559 g/mol. The molecule has 38 heavy (non-hydrogen) atoms. The van der Waals surface area contributed by atoms with Crippen LogP contribution in [0.5, 0.6) is 0 Å². The van der Waals surface area contributed by atoms with Crippen molar-refractivity contribution in [1.29, 1.82) is 0 Å². The lowest BCUT2D eigenvalue weighted by molar-refractivity contribution is -0.133. The van der Waals surface area contributed by atoms with Gasteiger partial charge in [-0.2, -0.15) is 0 Å². The highest BCUT2D eigenvalue weighted by atomic mass is 35.5. The molecule has 1 fully saturated rings. The average molecular weight is 560 g/mol. The molecule has 1 saturated heterocycles. The summed E-state index contributed by atoms with van der Waals surface area (Å²) >= 11 is 12.5. The number of carbonyl (C=O) groups excluding carboxylic acids is 4. The number of furan rings is 1. The van der Waals surface area contributed by atoms with Crippen molar-refractivity contribution in [2.45, 2.75) is 19.4 Å². The highest BCUT2D eigenvalue weighted by Crippen LogP contribution is 2.39. The lowest BCUT2D eigenvalue weighted by Crippen LogP contribution is -2.51. The Morgan fingerprint density at radius 2 is 1.82 bits per heavy atom. The number of nitrogens with zero attached hydrogens (tertiary/aromatic N) is 4. The van der Waals surface area contributed by atoms with Gasteiger partial charge in [0.25, 0.3) is 11.8 Å². The van der Waals surface area contributed by atoms with Gasteiger partial charge in [-0.1, -0.05) is 29.3 Å². The number of rotatable bonds is 6. The van der Waals surface area contributed by atoms with Gasteiger partial charge in [0.15, 0.2) is 5.76 Å². The summed E-state index contributed by atoms with van der Waals surface area (Å²) in [6, 6.07) is 7.21. The second-order valence-corrected chi connectivity index (χ2v) is 10.1. The number of halogens is 2. The molecule has 0 spiro atoms. The Morgan fingerprint density at radius 1 is 1.08 bits per heavy atom. The minimum atomic E-state index is -0.710. The first-order valence-electron chi connectivity index (χ1n) is 12.4. The summed E-state index contributed by atoms with van der Waals surface area (Å²) in [7, 11) is 0. The largest absolute Gasteiger partial charge is 0.459 e. The fourth-order valence-corrected chi connectivity index (χ4v) is 5.65. The van der Waals surface area contributed by atoms with Crippen molar-refractivity contribution in [1.82, 2.24) is 24.9 Å². The minimum Gasteiger partial charge on any atom is -0.459 e. The molecule has 4 heterocycles. The molecule has 2 aromatic rings. The van der Waals surface area contributed by atoms with E-state index in [1.165, 1.54) is 6.26 Å². The van der Waals surface area contributed by atoms with Crippen LogP contribution in [0.3, 0.4) is 0 Å². The van der Waals surface area contributed by atoms with Gasteiger partial charge in [-0.3, -0.25) is 19.3 Å². The molecule has 0 bridgehead atoms. The summed E-state index contributed by atoms with van der Waals surface area (Å²) in [5.41, 5.74) is 1.66. The molecule has 0 saturated carbocycles. The molecule has 12 heteroatoms. The first-order chi connectivity index (χ1) is 18.3. The SMILES string of the molecule is CCN1C(=O)NC(c2ccc(Cl)cc2Cl)C2=C1CN(CCC(=O)N1CCN(C(=O)c3ccco3)CC1)C2=O. The number of urea groups is 1. The summed E-state index contributed by atoms with van der Waals surface area (Å²) in [6.45, 7) is 4.32. The van der Waals surface area contributed by atoms with Crippen LogP contribution in [0.1, 0.15) is 35.5 Å². The van der Waals surface area contributed by atoms with Gasteiger partial charge >= 0.3 is 6.03 Å². The number of carbonyl (C=O) groups is 4. The number of hydrogen-bond acceptors (Lipinski definition) is 5. The molecule has 1 aromatic heterocycles. The molecule has 3 aliphatic rings. The molecule has 0 radical (unpaired) electrons. The summed E-state index contributed by atoms with van der Waals surface area (Å²) in [5.74, 6) is -0.246. The van der Waals surface area contributed by atoms with Crippen LogP contribution < -0.4 is 5.32 Å². The van der Waals surface area contributed by atoms with Gasteiger partial charge in [-0.15, -0.1) is 0 Å².